The van der Waals surface area contributed by atoms with Gasteiger partial charge in [0.15, 0.2) is 0 Å². The minimum absolute atomic E-state index is 0.0363. The lowest BCUT2D eigenvalue weighted by molar-refractivity contribution is -0.386. The van der Waals surface area contributed by atoms with Crippen LogP contribution in [-0.2, 0) is 0 Å². The molecule has 1 aliphatic carbocycles. The van der Waals surface area contributed by atoms with E-state index in [1.165, 1.54) is 0 Å². The SMILES string of the molecule is O=[N+]([O-])c1c(F)cc(F)cc1N(CCO)C1CCCCC1. The number of halogens is 2. The largest absolute Gasteiger partial charge is 0.395 e. The lowest BCUT2D eigenvalue weighted by Crippen LogP contribution is -2.39. The molecule has 0 unspecified atom stereocenters. The molecule has 1 fully saturated rings. The summed E-state index contributed by atoms with van der Waals surface area (Å²) in [6, 6.07) is 1.45. The van der Waals surface area contributed by atoms with Gasteiger partial charge in [-0.3, -0.25) is 10.1 Å². The van der Waals surface area contributed by atoms with Crippen molar-refractivity contribution in [2.75, 3.05) is 18.1 Å². The Morgan fingerprint density at radius 1 is 1.29 bits per heavy atom. The quantitative estimate of drug-likeness (QED) is 0.670. The Morgan fingerprint density at radius 2 is 1.95 bits per heavy atom. The van der Waals surface area contributed by atoms with Crippen LogP contribution in [0.4, 0.5) is 20.2 Å². The van der Waals surface area contributed by atoms with Gasteiger partial charge in [-0.15, -0.1) is 0 Å². The van der Waals surface area contributed by atoms with E-state index < -0.39 is 22.2 Å². The Morgan fingerprint density at radius 3 is 2.52 bits per heavy atom. The average Bonchev–Trinajstić information content (AvgIpc) is 2.44. The second-order valence-corrected chi connectivity index (χ2v) is 5.22. The molecule has 0 aliphatic heterocycles. The smallest absolute Gasteiger partial charge is 0.328 e. The molecule has 5 nitrogen and oxygen atoms in total. The van der Waals surface area contributed by atoms with Crippen LogP contribution in [0, 0.1) is 21.7 Å². The van der Waals surface area contributed by atoms with Gasteiger partial charge in [0.2, 0.25) is 5.82 Å². The van der Waals surface area contributed by atoms with Gasteiger partial charge in [0.25, 0.3) is 0 Å². The standard InChI is InChI=1S/C14H18F2N2O3/c15-10-8-12(16)14(18(20)21)13(9-10)17(6-7-19)11-4-2-1-3-5-11/h8-9,11,19H,1-7H2. The van der Waals surface area contributed by atoms with Crippen molar-refractivity contribution in [1.29, 1.82) is 0 Å². The predicted molar refractivity (Wildman–Crippen MR) is 74.3 cm³/mol. The van der Waals surface area contributed by atoms with Gasteiger partial charge < -0.3 is 10.0 Å². The van der Waals surface area contributed by atoms with Crippen LogP contribution in [0.5, 0.6) is 0 Å². The second kappa shape index (κ2) is 6.80. The van der Waals surface area contributed by atoms with Gasteiger partial charge in [-0.1, -0.05) is 19.3 Å². The lowest BCUT2D eigenvalue weighted by atomic mass is 9.93. The summed E-state index contributed by atoms with van der Waals surface area (Å²) in [4.78, 5) is 11.8. The van der Waals surface area contributed by atoms with Crippen molar-refractivity contribution in [3.05, 3.63) is 33.9 Å². The molecule has 1 aromatic rings. The third-order valence-electron chi connectivity index (χ3n) is 3.86. The van der Waals surface area contributed by atoms with E-state index in [0.717, 1.165) is 38.2 Å². The zero-order valence-corrected chi connectivity index (χ0v) is 11.6. The molecular weight excluding hydrogens is 282 g/mol. The van der Waals surface area contributed by atoms with Crippen LogP contribution in [0.25, 0.3) is 0 Å². The molecule has 116 valence electrons. The fourth-order valence-electron chi connectivity index (χ4n) is 2.95. The lowest BCUT2D eigenvalue weighted by Gasteiger charge is -2.35. The second-order valence-electron chi connectivity index (χ2n) is 5.22. The van der Waals surface area contributed by atoms with Crippen LogP contribution in [0.1, 0.15) is 32.1 Å². The van der Waals surface area contributed by atoms with Crippen molar-refractivity contribution in [2.45, 2.75) is 38.1 Å². The van der Waals surface area contributed by atoms with E-state index in [1.54, 1.807) is 4.90 Å². The Bertz CT molecular complexity index is 519. The molecule has 21 heavy (non-hydrogen) atoms. The van der Waals surface area contributed by atoms with E-state index in [4.69, 9.17) is 0 Å². The first-order valence-electron chi connectivity index (χ1n) is 7.05. The van der Waals surface area contributed by atoms with Crippen LogP contribution in [0.15, 0.2) is 12.1 Å². The van der Waals surface area contributed by atoms with E-state index >= 15 is 0 Å². The van der Waals surface area contributed by atoms with E-state index in [-0.39, 0.29) is 24.9 Å². The van der Waals surface area contributed by atoms with Crippen molar-refractivity contribution in [1.82, 2.24) is 0 Å². The van der Waals surface area contributed by atoms with Crippen molar-refractivity contribution < 1.29 is 18.8 Å². The van der Waals surface area contributed by atoms with Crippen molar-refractivity contribution in [3.8, 4) is 0 Å². The highest BCUT2D eigenvalue weighted by Crippen LogP contribution is 2.36. The first kappa shape index (κ1) is 15.6. The fourth-order valence-corrected chi connectivity index (χ4v) is 2.95. The number of anilines is 1. The molecule has 2 rings (SSSR count). The number of nitro benzene ring substituents is 1. The highest BCUT2D eigenvalue weighted by atomic mass is 19.1. The van der Waals surface area contributed by atoms with E-state index in [0.29, 0.717) is 6.07 Å². The third-order valence-corrected chi connectivity index (χ3v) is 3.86. The Kier molecular flexibility index (Phi) is 5.06. The highest BCUT2D eigenvalue weighted by Gasteiger charge is 2.30. The molecule has 0 spiro atoms. The Labute approximate surface area is 121 Å². The van der Waals surface area contributed by atoms with Crippen LogP contribution < -0.4 is 4.90 Å². The zero-order chi connectivity index (χ0) is 15.4. The number of aliphatic hydroxyl groups is 1. The average molecular weight is 300 g/mol. The summed E-state index contributed by atoms with van der Waals surface area (Å²) in [5.74, 6) is -2.04. The first-order chi connectivity index (χ1) is 10.0. The summed E-state index contributed by atoms with van der Waals surface area (Å²) >= 11 is 0. The number of rotatable bonds is 5. The zero-order valence-electron chi connectivity index (χ0n) is 11.6. The summed E-state index contributed by atoms with van der Waals surface area (Å²) in [6.45, 7) is -0.111. The normalized spacial score (nSPS) is 16.0. The summed E-state index contributed by atoms with van der Waals surface area (Å²) in [5, 5.41) is 20.3. The molecule has 0 heterocycles. The van der Waals surface area contributed by atoms with Gasteiger partial charge in [-0.2, -0.15) is 4.39 Å². The van der Waals surface area contributed by atoms with Gasteiger partial charge >= 0.3 is 5.69 Å². The van der Waals surface area contributed by atoms with Crippen molar-refractivity contribution in [2.24, 2.45) is 0 Å². The van der Waals surface area contributed by atoms with E-state index in [1.807, 2.05) is 0 Å². The summed E-state index contributed by atoms with van der Waals surface area (Å²) in [6.07, 6.45) is 4.63. The van der Waals surface area contributed by atoms with E-state index in [9.17, 15) is 24.0 Å². The molecular formula is C14H18F2N2O3. The van der Waals surface area contributed by atoms with Crippen LogP contribution in [-0.4, -0.2) is 29.2 Å². The number of nitro groups is 1. The molecule has 0 radical (unpaired) electrons. The van der Waals surface area contributed by atoms with Gasteiger partial charge in [0.1, 0.15) is 11.5 Å². The molecule has 0 bridgehead atoms. The molecule has 7 heteroatoms. The monoisotopic (exact) mass is 300 g/mol. The Balaban J connectivity index is 2.45. The summed E-state index contributed by atoms with van der Waals surface area (Å²) < 4.78 is 27.2. The number of nitrogens with zero attached hydrogens (tertiary/aromatic N) is 2. The first-order valence-corrected chi connectivity index (χ1v) is 7.05. The maximum Gasteiger partial charge on any atom is 0.328 e. The van der Waals surface area contributed by atoms with E-state index in [2.05, 4.69) is 0 Å². The molecule has 0 amide bonds. The van der Waals surface area contributed by atoms with Crippen molar-refractivity contribution >= 4 is 11.4 Å². The third kappa shape index (κ3) is 3.47. The van der Waals surface area contributed by atoms with Gasteiger partial charge in [0, 0.05) is 24.7 Å². The maximum atomic E-state index is 13.8. The summed E-state index contributed by atoms with van der Waals surface area (Å²) in [5.41, 5.74) is -0.811. The number of hydrogen-bond donors (Lipinski definition) is 1. The van der Waals surface area contributed by atoms with Crippen molar-refractivity contribution in [3.63, 3.8) is 0 Å². The van der Waals surface area contributed by atoms with Gasteiger partial charge in [0.05, 0.1) is 11.5 Å². The molecule has 1 aliphatic rings. The Hall–Kier alpha value is -1.76. The molecule has 1 aromatic carbocycles. The fraction of sp³-hybridized carbons (Fsp3) is 0.571. The number of hydrogen-bond acceptors (Lipinski definition) is 4. The van der Waals surface area contributed by atoms with Crippen LogP contribution >= 0.6 is 0 Å². The van der Waals surface area contributed by atoms with Gasteiger partial charge in [-0.05, 0) is 12.8 Å². The molecule has 1 N–H and O–H groups in total. The summed E-state index contributed by atoms with van der Waals surface area (Å²) in [7, 11) is 0. The topological polar surface area (TPSA) is 66.6 Å². The predicted octanol–water partition coefficient (Wildman–Crippen LogP) is 3.00. The molecule has 1 saturated carbocycles. The number of benzene rings is 1. The molecule has 0 atom stereocenters. The molecule has 0 saturated heterocycles. The van der Waals surface area contributed by atoms with Crippen LogP contribution in [0.2, 0.25) is 0 Å². The van der Waals surface area contributed by atoms with Gasteiger partial charge in [-0.25, -0.2) is 4.39 Å². The minimum atomic E-state index is -1.19. The van der Waals surface area contributed by atoms with Crippen LogP contribution in [0.3, 0.4) is 0 Å². The maximum absolute atomic E-state index is 13.8. The highest BCUT2D eigenvalue weighted by molar-refractivity contribution is 5.64. The molecule has 0 aromatic heterocycles. The minimum Gasteiger partial charge on any atom is -0.395 e. The number of aliphatic hydroxyl groups excluding tert-OH is 1.